The van der Waals surface area contributed by atoms with Gasteiger partial charge in [0.15, 0.2) is 5.82 Å². The number of halogens is 1. The van der Waals surface area contributed by atoms with Crippen molar-refractivity contribution in [3.8, 4) is 11.5 Å². The Bertz CT molecular complexity index is 1170. The summed E-state index contributed by atoms with van der Waals surface area (Å²) in [6.45, 7) is 4.19. The molecule has 32 heavy (non-hydrogen) atoms. The Morgan fingerprint density at radius 2 is 1.94 bits per heavy atom. The maximum Gasteiger partial charge on any atom is 0.303 e. The highest BCUT2D eigenvalue weighted by Gasteiger charge is 2.23. The van der Waals surface area contributed by atoms with Gasteiger partial charge in [0.2, 0.25) is 0 Å². The smallest absolute Gasteiger partial charge is 0.303 e. The highest BCUT2D eigenvalue weighted by Crippen LogP contribution is 2.34. The van der Waals surface area contributed by atoms with Crippen molar-refractivity contribution in [2.45, 2.75) is 46.0 Å². The molecule has 7 heteroatoms. The van der Waals surface area contributed by atoms with E-state index in [2.05, 4.69) is 39.0 Å². The molecule has 1 aliphatic rings. The first-order valence-corrected chi connectivity index (χ1v) is 11.3. The number of fused-ring (bicyclic) bond motifs is 1. The summed E-state index contributed by atoms with van der Waals surface area (Å²) in [7, 11) is 0. The number of H-pyrrole nitrogens is 1. The average molecular weight is 451 g/mol. The number of carboxylic acids is 1. The number of carboxylic acid groups (broad SMARTS) is 1. The summed E-state index contributed by atoms with van der Waals surface area (Å²) in [5, 5.41) is 9.64. The molecular weight excluding hydrogens is 424 g/mol. The fraction of sp³-hybridized carbons (Fsp3) is 0.360. The highest BCUT2D eigenvalue weighted by molar-refractivity contribution is 6.31. The monoisotopic (exact) mass is 450 g/mol. The van der Waals surface area contributed by atoms with Gasteiger partial charge in [0.25, 0.3) is 0 Å². The van der Waals surface area contributed by atoms with Crippen molar-refractivity contribution in [1.29, 1.82) is 0 Å². The van der Waals surface area contributed by atoms with Crippen LogP contribution in [0.2, 0.25) is 5.02 Å². The fourth-order valence-corrected chi connectivity index (χ4v) is 4.48. The summed E-state index contributed by atoms with van der Waals surface area (Å²) in [6, 6.07) is 5.53. The van der Waals surface area contributed by atoms with Crippen LogP contribution >= 0.6 is 11.6 Å². The zero-order valence-corrected chi connectivity index (χ0v) is 19.1. The van der Waals surface area contributed by atoms with E-state index in [1.165, 1.54) is 5.57 Å². The third-order valence-electron chi connectivity index (χ3n) is 6.29. The van der Waals surface area contributed by atoms with Crippen LogP contribution in [-0.2, 0) is 4.79 Å². The molecule has 2 N–H and O–H groups in total. The molecule has 0 radical (unpaired) electrons. The van der Waals surface area contributed by atoms with E-state index in [1.807, 2.05) is 25.1 Å². The Morgan fingerprint density at radius 1 is 1.16 bits per heavy atom. The Balaban J connectivity index is 1.41. The number of allylic oxidation sites excluding steroid dienone is 4. The van der Waals surface area contributed by atoms with Gasteiger partial charge in [0.1, 0.15) is 5.69 Å². The third kappa shape index (κ3) is 5.25. The number of nitrogens with one attached hydrogen (secondary N) is 1. The van der Waals surface area contributed by atoms with Crippen LogP contribution in [0.25, 0.3) is 28.1 Å². The molecule has 0 amide bonds. The van der Waals surface area contributed by atoms with E-state index in [1.54, 1.807) is 12.4 Å². The SMILES string of the molecule is CC(=CC=C(C)C1CCC(CC(=O)O)CC1)c1cnc(-c2nc3ccc(Cl)cc3[nH]2)cn1. The van der Waals surface area contributed by atoms with E-state index in [9.17, 15) is 4.79 Å². The van der Waals surface area contributed by atoms with Crippen molar-refractivity contribution >= 4 is 34.2 Å². The van der Waals surface area contributed by atoms with E-state index in [4.69, 9.17) is 16.7 Å². The van der Waals surface area contributed by atoms with Crippen LogP contribution in [0.3, 0.4) is 0 Å². The van der Waals surface area contributed by atoms with Crippen molar-refractivity contribution in [3.63, 3.8) is 0 Å². The van der Waals surface area contributed by atoms with Crippen molar-refractivity contribution < 1.29 is 9.90 Å². The number of hydrogen-bond acceptors (Lipinski definition) is 4. The van der Waals surface area contributed by atoms with Gasteiger partial charge in [0, 0.05) is 11.4 Å². The van der Waals surface area contributed by atoms with Gasteiger partial charge < -0.3 is 10.1 Å². The maximum atomic E-state index is 10.9. The van der Waals surface area contributed by atoms with Crippen LogP contribution in [0.1, 0.15) is 51.6 Å². The number of carbonyl (C=O) groups is 1. The van der Waals surface area contributed by atoms with Gasteiger partial charge in [-0.05, 0) is 75.1 Å². The average Bonchev–Trinajstić information content (AvgIpc) is 3.20. The zero-order chi connectivity index (χ0) is 22.7. The summed E-state index contributed by atoms with van der Waals surface area (Å²) in [6.07, 6.45) is 12.1. The van der Waals surface area contributed by atoms with E-state index in [-0.39, 0.29) is 0 Å². The number of rotatable bonds is 6. The Morgan fingerprint density at radius 3 is 2.62 bits per heavy atom. The van der Waals surface area contributed by atoms with Gasteiger partial charge in [-0.1, -0.05) is 29.3 Å². The van der Waals surface area contributed by atoms with Gasteiger partial charge in [-0.15, -0.1) is 0 Å². The van der Waals surface area contributed by atoms with Gasteiger partial charge in [0.05, 0.1) is 29.1 Å². The molecule has 3 aromatic rings. The number of hydrogen-bond donors (Lipinski definition) is 2. The molecule has 0 spiro atoms. The second-order valence-electron chi connectivity index (χ2n) is 8.61. The van der Waals surface area contributed by atoms with Gasteiger partial charge in [-0.2, -0.15) is 0 Å². The van der Waals surface area contributed by atoms with E-state index < -0.39 is 5.97 Å². The fourth-order valence-electron chi connectivity index (χ4n) is 4.30. The van der Waals surface area contributed by atoms with Crippen LogP contribution < -0.4 is 0 Å². The zero-order valence-electron chi connectivity index (χ0n) is 18.3. The molecule has 0 atom stereocenters. The first-order chi connectivity index (χ1) is 15.4. The molecule has 0 aliphatic heterocycles. The van der Waals surface area contributed by atoms with Crippen LogP contribution in [-0.4, -0.2) is 31.0 Å². The Hall–Kier alpha value is -2.99. The molecule has 0 saturated heterocycles. The predicted molar refractivity (Wildman–Crippen MR) is 127 cm³/mol. The lowest BCUT2D eigenvalue weighted by molar-refractivity contribution is -0.138. The first-order valence-electron chi connectivity index (χ1n) is 10.9. The van der Waals surface area contributed by atoms with Gasteiger partial charge in [-0.3, -0.25) is 9.78 Å². The summed E-state index contributed by atoms with van der Waals surface area (Å²) in [4.78, 5) is 27.8. The summed E-state index contributed by atoms with van der Waals surface area (Å²) in [5.74, 6) is 0.832. The number of aromatic nitrogens is 4. The minimum absolute atomic E-state index is 0.297. The lowest BCUT2D eigenvalue weighted by Crippen LogP contribution is -2.17. The normalized spacial score (nSPS) is 20.0. The largest absolute Gasteiger partial charge is 0.481 e. The molecule has 6 nitrogen and oxygen atoms in total. The molecule has 4 rings (SSSR count). The number of imidazole rings is 1. The number of nitrogens with zero attached hydrogens (tertiary/aromatic N) is 3. The standard InChI is InChI=1S/C25H27ClN4O2/c1-15(18-7-5-17(6-8-18)11-24(31)32)3-4-16(2)22-13-28-23(14-27-22)25-29-20-10-9-19(26)12-21(20)30-25/h3-4,9-10,12-14,17-18H,5-8,11H2,1-2H3,(H,29,30)(H,31,32). The van der Waals surface area contributed by atoms with Crippen molar-refractivity contribution in [3.05, 3.63) is 59.0 Å². The molecule has 1 fully saturated rings. The number of benzene rings is 1. The predicted octanol–water partition coefficient (Wildman–Crippen LogP) is 6.30. The summed E-state index contributed by atoms with van der Waals surface area (Å²) >= 11 is 6.05. The van der Waals surface area contributed by atoms with E-state index >= 15 is 0 Å². The lowest BCUT2D eigenvalue weighted by atomic mass is 9.77. The second-order valence-corrected chi connectivity index (χ2v) is 9.05. The molecule has 1 aromatic carbocycles. The van der Waals surface area contributed by atoms with Crippen LogP contribution in [0.4, 0.5) is 0 Å². The molecular formula is C25H27ClN4O2. The number of aromatic amines is 1. The quantitative estimate of drug-likeness (QED) is 0.429. The van der Waals surface area contributed by atoms with Crippen LogP contribution in [0.15, 0.2) is 48.3 Å². The first kappa shape index (κ1) is 22.2. The van der Waals surface area contributed by atoms with Crippen LogP contribution in [0.5, 0.6) is 0 Å². The topological polar surface area (TPSA) is 91.8 Å². The molecule has 0 unspecified atom stereocenters. The van der Waals surface area contributed by atoms with Crippen molar-refractivity contribution in [2.24, 2.45) is 11.8 Å². The molecule has 1 aliphatic carbocycles. The Labute approximate surface area is 192 Å². The van der Waals surface area contributed by atoms with Crippen LogP contribution in [0, 0.1) is 11.8 Å². The van der Waals surface area contributed by atoms with Gasteiger partial charge in [-0.25, -0.2) is 9.97 Å². The molecule has 1 saturated carbocycles. The second kappa shape index (κ2) is 9.65. The van der Waals surface area contributed by atoms with Gasteiger partial charge >= 0.3 is 5.97 Å². The Kier molecular flexibility index (Phi) is 6.70. The minimum Gasteiger partial charge on any atom is -0.481 e. The minimum atomic E-state index is -0.684. The van der Waals surface area contributed by atoms with E-state index in [0.717, 1.165) is 48.0 Å². The lowest BCUT2D eigenvalue weighted by Gasteiger charge is -2.28. The molecule has 0 bridgehead atoms. The maximum absolute atomic E-state index is 10.9. The van der Waals surface area contributed by atoms with Crippen molar-refractivity contribution in [2.75, 3.05) is 0 Å². The summed E-state index contributed by atoms with van der Waals surface area (Å²) < 4.78 is 0. The van der Waals surface area contributed by atoms with Crippen molar-refractivity contribution in [1.82, 2.24) is 19.9 Å². The highest BCUT2D eigenvalue weighted by atomic mass is 35.5. The number of aliphatic carboxylic acids is 1. The molecule has 2 heterocycles. The molecule has 2 aromatic heterocycles. The molecule has 166 valence electrons. The summed E-state index contributed by atoms with van der Waals surface area (Å²) in [5.41, 5.74) is 5.58. The third-order valence-corrected chi connectivity index (χ3v) is 6.53. The van der Waals surface area contributed by atoms with E-state index in [0.29, 0.717) is 34.8 Å².